The van der Waals surface area contributed by atoms with E-state index in [0.29, 0.717) is 6.07 Å². The molecule has 0 fully saturated rings. The van der Waals surface area contributed by atoms with Crippen molar-refractivity contribution in [2.24, 2.45) is 0 Å². The Morgan fingerprint density at radius 3 is 1.59 bits per heavy atom. The minimum atomic E-state index is -3.65. The van der Waals surface area contributed by atoms with Crippen molar-refractivity contribution in [3.63, 3.8) is 0 Å². The molecule has 0 aliphatic carbocycles. The maximum atomic E-state index is 11.7. The van der Waals surface area contributed by atoms with Gasteiger partial charge in [0.15, 0.2) is 22.9 Å². The van der Waals surface area contributed by atoms with Crippen molar-refractivity contribution in [2.45, 2.75) is 5.97 Å². The minimum absolute atomic E-state index is 0.0315. The molecule has 0 aliphatic heterocycles. The molecule has 2 aromatic rings. The number of rotatable bonds is 2. The van der Waals surface area contributed by atoms with Crippen LogP contribution in [0.3, 0.4) is 0 Å². The molecule has 0 unspecified atom stereocenters. The first-order chi connectivity index (χ1) is 9.98. The Morgan fingerprint density at radius 1 is 0.818 bits per heavy atom. The zero-order chi connectivity index (χ0) is 17.0. The van der Waals surface area contributed by atoms with Gasteiger partial charge >= 0.3 is 5.97 Å². The van der Waals surface area contributed by atoms with E-state index in [-0.39, 0.29) is 9.53 Å². The Labute approximate surface area is 119 Å². The molecule has 0 saturated heterocycles. The number of hydrogen-bond acceptors (Lipinski definition) is 10. The fourth-order valence-electron chi connectivity index (χ4n) is 1.75. The normalized spacial score (nSPS) is 11.8. The predicted molar refractivity (Wildman–Crippen MR) is 63.9 cm³/mol. The average molecular weight is 318 g/mol. The van der Waals surface area contributed by atoms with Crippen LogP contribution in [-0.4, -0.2) is 55.6 Å². The van der Waals surface area contributed by atoms with E-state index in [1.165, 1.54) is 0 Å². The van der Waals surface area contributed by atoms with E-state index < -0.39 is 51.7 Å². The summed E-state index contributed by atoms with van der Waals surface area (Å²) in [5, 5.41) is 83.8. The van der Waals surface area contributed by atoms with Gasteiger partial charge in [-0.05, 0) is 0 Å². The maximum absolute atomic E-state index is 11.7. The topological polar surface area (TPSA) is 209 Å². The molecule has 0 spiro atoms. The standard InChI is InChI=1S/C10H10N2O10/c13-3-1-2(10(19,20)21)12(22)11(3)4-5(14)7(16)9(18)8(17)6(4)15/h1,14-22H. The van der Waals surface area contributed by atoms with Crippen molar-refractivity contribution >= 4 is 0 Å². The van der Waals surface area contributed by atoms with Crippen molar-refractivity contribution in [1.82, 2.24) is 9.53 Å². The molecule has 9 N–H and O–H groups in total. The average Bonchev–Trinajstić information content (AvgIpc) is 2.71. The zero-order valence-electron chi connectivity index (χ0n) is 10.4. The van der Waals surface area contributed by atoms with Crippen LogP contribution in [-0.2, 0) is 5.97 Å². The summed E-state index contributed by atoms with van der Waals surface area (Å²) < 4.78 is -0.0315. The fraction of sp³-hybridized carbons (Fsp3) is 0.100. The molecule has 2 rings (SSSR count). The van der Waals surface area contributed by atoms with Gasteiger partial charge in [-0.1, -0.05) is 0 Å². The lowest BCUT2D eigenvalue weighted by Gasteiger charge is -2.16. The van der Waals surface area contributed by atoms with Crippen LogP contribution in [0.2, 0.25) is 0 Å². The summed E-state index contributed by atoms with van der Waals surface area (Å²) in [4.78, 5) is 11.4. The van der Waals surface area contributed by atoms with Crippen LogP contribution in [0.15, 0.2) is 10.9 Å². The van der Waals surface area contributed by atoms with E-state index >= 15 is 0 Å². The molecule has 12 nitrogen and oxygen atoms in total. The summed E-state index contributed by atoms with van der Waals surface area (Å²) >= 11 is 0. The summed E-state index contributed by atoms with van der Waals surface area (Å²) in [5.41, 5.74) is -3.59. The maximum Gasteiger partial charge on any atom is 0.325 e. The second-order valence-electron chi connectivity index (χ2n) is 4.20. The summed E-state index contributed by atoms with van der Waals surface area (Å²) in [7, 11) is 0. The second-order valence-corrected chi connectivity index (χ2v) is 4.20. The predicted octanol–water partition coefficient (Wildman–Crippen LogP) is -2.51. The highest BCUT2D eigenvalue weighted by atomic mass is 16.7. The lowest BCUT2D eigenvalue weighted by atomic mass is 10.2. The monoisotopic (exact) mass is 318 g/mol. The Kier molecular flexibility index (Phi) is 3.10. The highest BCUT2D eigenvalue weighted by Crippen LogP contribution is 2.52. The van der Waals surface area contributed by atoms with Crippen molar-refractivity contribution in [3.05, 3.63) is 22.1 Å². The molecular formula is C10H10N2O10. The van der Waals surface area contributed by atoms with Crippen LogP contribution in [0.1, 0.15) is 5.69 Å². The van der Waals surface area contributed by atoms with Crippen LogP contribution < -0.4 is 5.56 Å². The van der Waals surface area contributed by atoms with E-state index in [2.05, 4.69) is 0 Å². The second kappa shape index (κ2) is 4.45. The number of phenols is 5. The van der Waals surface area contributed by atoms with E-state index in [4.69, 9.17) is 15.3 Å². The highest BCUT2D eigenvalue weighted by molar-refractivity contribution is 5.73. The molecule has 1 heterocycles. The number of aromatic nitrogens is 2. The summed E-state index contributed by atoms with van der Waals surface area (Å²) in [6.45, 7) is 0. The number of aromatic hydroxyl groups is 5. The van der Waals surface area contributed by atoms with Gasteiger partial charge in [0.25, 0.3) is 5.56 Å². The molecule has 0 aliphatic rings. The zero-order valence-corrected chi connectivity index (χ0v) is 10.4. The molecule has 0 bridgehead atoms. The van der Waals surface area contributed by atoms with Crippen LogP contribution in [0, 0.1) is 0 Å². The van der Waals surface area contributed by atoms with Crippen molar-refractivity contribution in [2.75, 3.05) is 0 Å². The lowest BCUT2D eigenvalue weighted by Crippen LogP contribution is -2.29. The van der Waals surface area contributed by atoms with Crippen molar-refractivity contribution in [3.8, 4) is 34.4 Å². The number of aliphatic hydroxyl groups is 3. The smallest absolute Gasteiger partial charge is 0.325 e. The summed E-state index contributed by atoms with van der Waals surface area (Å²) in [5.74, 6) is -10.3. The Morgan fingerprint density at radius 2 is 1.23 bits per heavy atom. The van der Waals surface area contributed by atoms with E-state index in [9.17, 15) is 35.5 Å². The first-order valence-corrected chi connectivity index (χ1v) is 5.39. The first kappa shape index (κ1) is 15.3. The van der Waals surface area contributed by atoms with Gasteiger partial charge in [0.1, 0.15) is 0 Å². The van der Waals surface area contributed by atoms with Gasteiger partial charge in [0, 0.05) is 6.07 Å². The molecule has 12 heteroatoms. The highest BCUT2D eigenvalue weighted by Gasteiger charge is 2.33. The number of benzene rings is 1. The van der Waals surface area contributed by atoms with E-state index in [0.717, 1.165) is 0 Å². The molecular weight excluding hydrogens is 308 g/mol. The SMILES string of the molecule is O=c1cc(C(O)(O)O)n(O)n1-c1c(O)c(O)c(O)c(O)c1O. The lowest BCUT2D eigenvalue weighted by molar-refractivity contribution is -0.331. The molecule has 120 valence electrons. The van der Waals surface area contributed by atoms with Gasteiger partial charge in [-0.15, -0.1) is 4.85 Å². The van der Waals surface area contributed by atoms with Crippen LogP contribution in [0.4, 0.5) is 0 Å². The Bertz CT molecular complexity index is 784. The number of phenolic OH excluding ortho intramolecular Hbond substituents is 5. The van der Waals surface area contributed by atoms with Crippen LogP contribution in [0.5, 0.6) is 28.7 Å². The van der Waals surface area contributed by atoms with Crippen LogP contribution in [0.25, 0.3) is 5.69 Å². The molecule has 0 saturated carbocycles. The minimum Gasteiger partial charge on any atom is -0.503 e. The van der Waals surface area contributed by atoms with E-state index in [1.807, 2.05) is 0 Å². The quantitative estimate of drug-likeness (QED) is 0.123. The fourth-order valence-corrected chi connectivity index (χ4v) is 1.75. The third-order valence-electron chi connectivity index (χ3n) is 2.78. The molecule has 0 atom stereocenters. The van der Waals surface area contributed by atoms with Gasteiger partial charge in [0.2, 0.25) is 17.2 Å². The molecule has 1 aromatic carbocycles. The van der Waals surface area contributed by atoms with Crippen molar-refractivity contribution in [1.29, 1.82) is 0 Å². The third kappa shape index (κ3) is 1.95. The Hall–Kier alpha value is -3.09. The number of hydrogen-bond donors (Lipinski definition) is 9. The van der Waals surface area contributed by atoms with E-state index in [1.54, 1.807) is 0 Å². The molecule has 22 heavy (non-hydrogen) atoms. The first-order valence-electron chi connectivity index (χ1n) is 5.39. The third-order valence-corrected chi connectivity index (χ3v) is 2.78. The summed E-state index contributed by atoms with van der Waals surface area (Å²) in [6, 6.07) is 0.319. The number of nitrogens with zero attached hydrogens (tertiary/aromatic N) is 2. The van der Waals surface area contributed by atoms with Gasteiger partial charge in [-0.25, -0.2) is 0 Å². The molecule has 0 amide bonds. The van der Waals surface area contributed by atoms with Crippen molar-refractivity contribution < 1.29 is 46.1 Å². The van der Waals surface area contributed by atoms with Gasteiger partial charge in [-0.3, -0.25) is 4.79 Å². The van der Waals surface area contributed by atoms with Gasteiger partial charge < -0.3 is 46.1 Å². The van der Waals surface area contributed by atoms with Gasteiger partial charge in [-0.2, -0.15) is 4.68 Å². The largest absolute Gasteiger partial charge is 0.503 e. The molecule has 0 radical (unpaired) electrons. The molecule has 1 aromatic heterocycles. The van der Waals surface area contributed by atoms with Gasteiger partial charge in [0.05, 0.1) is 0 Å². The van der Waals surface area contributed by atoms with Crippen LogP contribution >= 0.6 is 0 Å². The summed E-state index contributed by atoms with van der Waals surface area (Å²) in [6.07, 6.45) is 0. The Balaban J connectivity index is 2.91.